The molecular weight excluding hydrogens is 323 g/mol. The second kappa shape index (κ2) is 5.98. The van der Waals surface area contributed by atoms with Crippen LogP contribution < -0.4 is 0 Å². The zero-order valence-electron chi connectivity index (χ0n) is 9.31. The minimum Gasteiger partial charge on any atom is -0.392 e. The molecule has 0 fully saturated rings. The Morgan fingerprint density at radius 2 is 1.53 bits per heavy atom. The standard InChI is InChI=1S/C15H13IO/c16-14-8-6-13(7-9-14)15(10-11-17)12-4-2-1-3-5-12/h1-10,17H,11H2/b15-10-. The molecule has 0 amide bonds. The summed E-state index contributed by atoms with van der Waals surface area (Å²) < 4.78 is 1.21. The number of aliphatic hydroxyl groups is 1. The number of hydrogen-bond donors (Lipinski definition) is 1. The van der Waals surface area contributed by atoms with Crippen molar-refractivity contribution in [3.05, 3.63) is 75.4 Å². The van der Waals surface area contributed by atoms with Crippen LogP contribution in [0.15, 0.2) is 60.7 Å². The first-order chi connectivity index (χ1) is 8.31. The molecule has 0 heterocycles. The van der Waals surface area contributed by atoms with Crippen LogP contribution in [-0.2, 0) is 0 Å². The smallest absolute Gasteiger partial charge is 0.0621 e. The first kappa shape index (κ1) is 12.3. The Morgan fingerprint density at radius 3 is 2.12 bits per heavy atom. The molecule has 2 aromatic carbocycles. The Hall–Kier alpha value is -1.13. The summed E-state index contributed by atoms with van der Waals surface area (Å²) in [6, 6.07) is 18.4. The van der Waals surface area contributed by atoms with Gasteiger partial charge in [0.05, 0.1) is 6.61 Å². The number of aliphatic hydroxyl groups excluding tert-OH is 1. The molecule has 0 atom stereocenters. The molecule has 0 spiro atoms. The molecule has 2 heteroatoms. The zero-order chi connectivity index (χ0) is 12.1. The summed E-state index contributed by atoms with van der Waals surface area (Å²) in [6.07, 6.45) is 1.84. The van der Waals surface area contributed by atoms with Crippen molar-refractivity contribution < 1.29 is 5.11 Å². The van der Waals surface area contributed by atoms with Crippen LogP contribution >= 0.6 is 22.6 Å². The second-order valence-corrected chi connectivity index (χ2v) is 4.92. The zero-order valence-corrected chi connectivity index (χ0v) is 11.5. The Labute approximate surface area is 115 Å². The average Bonchev–Trinajstić information content (AvgIpc) is 2.38. The third kappa shape index (κ3) is 3.17. The lowest BCUT2D eigenvalue weighted by Gasteiger charge is -2.08. The number of halogens is 1. The van der Waals surface area contributed by atoms with E-state index in [9.17, 15) is 0 Å². The van der Waals surface area contributed by atoms with Gasteiger partial charge in [0.1, 0.15) is 0 Å². The molecule has 0 saturated heterocycles. The van der Waals surface area contributed by atoms with Crippen LogP contribution in [0, 0.1) is 3.57 Å². The Kier molecular flexibility index (Phi) is 4.34. The number of benzene rings is 2. The van der Waals surface area contributed by atoms with Crippen molar-refractivity contribution in [1.82, 2.24) is 0 Å². The van der Waals surface area contributed by atoms with E-state index in [1.54, 1.807) is 0 Å². The molecule has 86 valence electrons. The SMILES string of the molecule is OC/C=C(/c1ccccc1)c1ccc(I)cc1. The van der Waals surface area contributed by atoms with E-state index in [2.05, 4.69) is 59.0 Å². The Balaban J connectivity index is 2.44. The van der Waals surface area contributed by atoms with Crippen molar-refractivity contribution in [1.29, 1.82) is 0 Å². The maximum absolute atomic E-state index is 9.14. The summed E-state index contributed by atoms with van der Waals surface area (Å²) in [4.78, 5) is 0. The van der Waals surface area contributed by atoms with Crippen molar-refractivity contribution in [2.75, 3.05) is 6.61 Å². The fraction of sp³-hybridized carbons (Fsp3) is 0.0667. The fourth-order valence-electron chi connectivity index (χ4n) is 1.74. The van der Waals surface area contributed by atoms with Gasteiger partial charge in [0.2, 0.25) is 0 Å². The molecule has 17 heavy (non-hydrogen) atoms. The Morgan fingerprint density at radius 1 is 0.941 bits per heavy atom. The summed E-state index contributed by atoms with van der Waals surface area (Å²) in [5.74, 6) is 0. The topological polar surface area (TPSA) is 20.2 Å². The van der Waals surface area contributed by atoms with Crippen molar-refractivity contribution in [3.8, 4) is 0 Å². The molecule has 0 aliphatic heterocycles. The van der Waals surface area contributed by atoms with Gasteiger partial charge in [-0.25, -0.2) is 0 Å². The van der Waals surface area contributed by atoms with E-state index in [4.69, 9.17) is 5.11 Å². The molecule has 2 aromatic rings. The summed E-state index contributed by atoms with van der Waals surface area (Å²) in [5.41, 5.74) is 3.33. The predicted octanol–water partition coefficient (Wildman–Crippen LogP) is 3.72. The third-order valence-electron chi connectivity index (χ3n) is 2.54. The maximum atomic E-state index is 9.14. The molecule has 1 N–H and O–H groups in total. The van der Waals surface area contributed by atoms with Crippen molar-refractivity contribution in [3.63, 3.8) is 0 Å². The quantitative estimate of drug-likeness (QED) is 0.847. The largest absolute Gasteiger partial charge is 0.392 e. The van der Waals surface area contributed by atoms with Gasteiger partial charge in [-0.1, -0.05) is 48.5 Å². The molecular formula is C15H13IO. The van der Waals surface area contributed by atoms with Crippen LogP contribution in [0.5, 0.6) is 0 Å². The first-order valence-corrected chi connectivity index (χ1v) is 6.51. The summed E-state index contributed by atoms with van der Waals surface area (Å²) in [5, 5.41) is 9.14. The first-order valence-electron chi connectivity index (χ1n) is 5.43. The molecule has 0 bridgehead atoms. The number of rotatable bonds is 3. The van der Waals surface area contributed by atoms with Crippen LogP contribution in [0.3, 0.4) is 0 Å². The van der Waals surface area contributed by atoms with Crippen LogP contribution in [0.2, 0.25) is 0 Å². The minimum absolute atomic E-state index is 0.0518. The average molecular weight is 336 g/mol. The van der Waals surface area contributed by atoms with Gasteiger partial charge >= 0.3 is 0 Å². The highest BCUT2D eigenvalue weighted by Crippen LogP contribution is 2.23. The van der Waals surface area contributed by atoms with Gasteiger partial charge < -0.3 is 5.11 Å². The lowest BCUT2D eigenvalue weighted by molar-refractivity contribution is 0.343. The van der Waals surface area contributed by atoms with Crippen molar-refractivity contribution in [2.45, 2.75) is 0 Å². The van der Waals surface area contributed by atoms with Gasteiger partial charge in [-0.2, -0.15) is 0 Å². The van der Waals surface area contributed by atoms with Gasteiger partial charge in [0.15, 0.2) is 0 Å². The highest BCUT2D eigenvalue weighted by molar-refractivity contribution is 14.1. The van der Waals surface area contributed by atoms with E-state index in [0.29, 0.717) is 0 Å². The van der Waals surface area contributed by atoms with Gasteiger partial charge in [-0.05, 0) is 51.4 Å². The van der Waals surface area contributed by atoms with E-state index in [1.165, 1.54) is 3.57 Å². The normalized spacial score (nSPS) is 11.5. The van der Waals surface area contributed by atoms with E-state index >= 15 is 0 Å². The van der Waals surface area contributed by atoms with Crippen LogP contribution in [0.4, 0.5) is 0 Å². The Bertz CT molecular complexity index is 500. The van der Waals surface area contributed by atoms with E-state index < -0.39 is 0 Å². The molecule has 2 rings (SSSR count). The number of hydrogen-bond acceptors (Lipinski definition) is 1. The lowest BCUT2D eigenvalue weighted by atomic mass is 9.98. The van der Waals surface area contributed by atoms with E-state index in [-0.39, 0.29) is 6.61 Å². The summed E-state index contributed by atoms with van der Waals surface area (Å²) in [6.45, 7) is 0.0518. The highest BCUT2D eigenvalue weighted by Gasteiger charge is 2.03. The van der Waals surface area contributed by atoms with Crippen LogP contribution in [0.1, 0.15) is 11.1 Å². The van der Waals surface area contributed by atoms with E-state index in [0.717, 1.165) is 16.7 Å². The molecule has 0 aromatic heterocycles. The summed E-state index contributed by atoms with van der Waals surface area (Å²) >= 11 is 2.29. The second-order valence-electron chi connectivity index (χ2n) is 3.67. The van der Waals surface area contributed by atoms with Crippen LogP contribution in [0.25, 0.3) is 5.57 Å². The van der Waals surface area contributed by atoms with Crippen molar-refractivity contribution >= 4 is 28.2 Å². The minimum atomic E-state index is 0.0518. The monoisotopic (exact) mass is 336 g/mol. The molecule has 1 nitrogen and oxygen atoms in total. The van der Waals surface area contributed by atoms with Gasteiger partial charge in [0, 0.05) is 3.57 Å². The third-order valence-corrected chi connectivity index (χ3v) is 3.25. The van der Waals surface area contributed by atoms with Crippen molar-refractivity contribution in [2.24, 2.45) is 0 Å². The predicted molar refractivity (Wildman–Crippen MR) is 79.8 cm³/mol. The van der Waals surface area contributed by atoms with E-state index in [1.807, 2.05) is 24.3 Å². The maximum Gasteiger partial charge on any atom is 0.0621 e. The summed E-state index contributed by atoms with van der Waals surface area (Å²) in [7, 11) is 0. The van der Waals surface area contributed by atoms with Crippen LogP contribution in [-0.4, -0.2) is 11.7 Å². The lowest BCUT2D eigenvalue weighted by Crippen LogP contribution is -1.90. The highest BCUT2D eigenvalue weighted by atomic mass is 127. The molecule has 0 saturated carbocycles. The van der Waals surface area contributed by atoms with Gasteiger partial charge in [0.25, 0.3) is 0 Å². The molecule has 0 radical (unpaired) electrons. The molecule has 0 aliphatic rings. The van der Waals surface area contributed by atoms with Gasteiger partial charge in [-0.3, -0.25) is 0 Å². The fourth-order valence-corrected chi connectivity index (χ4v) is 2.10. The molecule has 0 aliphatic carbocycles. The molecule has 0 unspecified atom stereocenters. The van der Waals surface area contributed by atoms with Gasteiger partial charge in [-0.15, -0.1) is 0 Å².